The molecule has 6 heteroatoms. The third-order valence-corrected chi connectivity index (χ3v) is 3.34. The third kappa shape index (κ3) is 1.90. The van der Waals surface area contributed by atoms with E-state index in [0.717, 1.165) is 5.69 Å². The normalized spacial score (nSPS) is 25.1. The first-order chi connectivity index (χ1) is 8.02. The Labute approximate surface area is 98.8 Å². The maximum atomic E-state index is 11.7. The number of hydrogen-bond donors (Lipinski definition) is 1. The molecule has 1 aromatic rings. The van der Waals surface area contributed by atoms with Crippen molar-refractivity contribution < 1.29 is 14.7 Å². The van der Waals surface area contributed by atoms with E-state index in [2.05, 4.69) is 5.10 Å². The average molecular weight is 237 g/mol. The minimum Gasteiger partial charge on any atom is -0.481 e. The van der Waals surface area contributed by atoms with Crippen molar-refractivity contribution in [2.45, 2.75) is 18.9 Å². The molecular weight excluding hydrogens is 222 g/mol. The van der Waals surface area contributed by atoms with Gasteiger partial charge in [0.1, 0.15) is 0 Å². The number of aromatic nitrogens is 2. The molecule has 17 heavy (non-hydrogen) atoms. The number of likely N-dealkylation sites (tertiary alicyclic amines) is 1. The van der Waals surface area contributed by atoms with Crippen LogP contribution in [0.25, 0.3) is 0 Å². The molecule has 0 unspecified atom stereocenters. The Kier molecular flexibility index (Phi) is 2.87. The molecule has 0 radical (unpaired) electrons. The van der Waals surface area contributed by atoms with Crippen molar-refractivity contribution in [1.82, 2.24) is 14.7 Å². The summed E-state index contributed by atoms with van der Waals surface area (Å²) in [7, 11) is 3.40. The fourth-order valence-corrected chi connectivity index (χ4v) is 2.38. The molecule has 1 aromatic heterocycles. The highest BCUT2D eigenvalue weighted by Crippen LogP contribution is 2.35. The molecule has 6 nitrogen and oxygen atoms in total. The highest BCUT2D eigenvalue weighted by atomic mass is 16.4. The summed E-state index contributed by atoms with van der Waals surface area (Å²) in [5, 5.41) is 13.3. The smallest absolute Gasteiger partial charge is 0.309 e. The van der Waals surface area contributed by atoms with Gasteiger partial charge < -0.3 is 10.0 Å². The molecule has 1 amide bonds. The van der Waals surface area contributed by atoms with Gasteiger partial charge in [-0.25, -0.2) is 0 Å². The van der Waals surface area contributed by atoms with E-state index >= 15 is 0 Å². The summed E-state index contributed by atoms with van der Waals surface area (Å²) < 4.78 is 1.62. The molecule has 2 rings (SSSR count). The number of carboxylic acid groups (broad SMARTS) is 1. The van der Waals surface area contributed by atoms with E-state index in [9.17, 15) is 14.7 Å². The average Bonchev–Trinajstić information content (AvgIpc) is 2.68. The van der Waals surface area contributed by atoms with Gasteiger partial charge in [-0.1, -0.05) is 0 Å². The number of carbonyl (C=O) groups is 2. The molecule has 0 bridgehead atoms. The summed E-state index contributed by atoms with van der Waals surface area (Å²) in [5.74, 6) is -1.45. The highest BCUT2D eigenvalue weighted by molar-refractivity contribution is 5.81. The second-order valence-corrected chi connectivity index (χ2v) is 4.31. The number of carboxylic acids is 1. The van der Waals surface area contributed by atoms with Gasteiger partial charge in [0, 0.05) is 26.7 Å². The van der Waals surface area contributed by atoms with Gasteiger partial charge in [-0.3, -0.25) is 14.3 Å². The number of carbonyl (C=O) groups excluding carboxylic acids is 1. The molecule has 1 fully saturated rings. The predicted octanol–water partition coefficient (Wildman–Crippen LogP) is 0.414. The van der Waals surface area contributed by atoms with Crippen LogP contribution < -0.4 is 0 Å². The van der Waals surface area contributed by atoms with Gasteiger partial charge in [-0.05, 0) is 12.5 Å². The quantitative estimate of drug-likeness (QED) is 0.808. The van der Waals surface area contributed by atoms with Crippen LogP contribution in [0.4, 0.5) is 0 Å². The fraction of sp³-hybridized carbons (Fsp3) is 0.545. The van der Waals surface area contributed by atoms with Crippen LogP contribution in [0.5, 0.6) is 0 Å². The second kappa shape index (κ2) is 4.20. The van der Waals surface area contributed by atoms with Gasteiger partial charge in [-0.2, -0.15) is 5.10 Å². The highest BCUT2D eigenvalue weighted by Gasteiger charge is 2.40. The van der Waals surface area contributed by atoms with Gasteiger partial charge in [0.15, 0.2) is 0 Å². The fourth-order valence-electron chi connectivity index (χ4n) is 2.38. The number of hydrogen-bond acceptors (Lipinski definition) is 3. The molecular formula is C11H15N3O3. The van der Waals surface area contributed by atoms with Crippen LogP contribution in [0.1, 0.15) is 24.6 Å². The Bertz CT molecular complexity index is 455. The lowest BCUT2D eigenvalue weighted by atomic mass is 9.87. The van der Waals surface area contributed by atoms with Gasteiger partial charge in [-0.15, -0.1) is 0 Å². The molecule has 0 aromatic carbocycles. The molecule has 1 aliphatic heterocycles. The Morgan fingerprint density at radius 3 is 2.76 bits per heavy atom. The van der Waals surface area contributed by atoms with Crippen LogP contribution >= 0.6 is 0 Å². The van der Waals surface area contributed by atoms with Crippen LogP contribution in [0.15, 0.2) is 12.3 Å². The molecule has 2 heterocycles. The number of rotatable bonds is 2. The van der Waals surface area contributed by atoms with Crippen molar-refractivity contribution in [2.24, 2.45) is 13.0 Å². The van der Waals surface area contributed by atoms with Crippen molar-refractivity contribution in [3.63, 3.8) is 0 Å². The molecule has 1 N–H and O–H groups in total. The van der Waals surface area contributed by atoms with E-state index in [1.165, 1.54) is 4.90 Å². The van der Waals surface area contributed by atoms with E-state index in [-0.39, 0.29) is 5.91 Å². The summed E-state index contributed by atoms with van der Waals surface area (Å²) in [4.78, 5) is 24.5. The third-order valence-electron chi connectivity index (χ3n) is 3.34. The topological polar surface area (TPSA) is 75.4 Å². The monoisotopic (exact) mass is 237 g/mol. The maximum Gasteiger partial charge on any atom is 0.309 e. The summed E-state index contributed by atoms with van der Waals surface area (Å²) in [6, 6.07) is 1.33. The van der Waals surface area contributed by atoms with E-state index < -0.39 is 17.9 Å². The SMILES string of the molecule is CN1C(=O)CC[C@@H](C(=O)O)[C@H]1c1ccnn1C. The van der Waals surface area contributed by atoms with E-state index in [1.54, 1.807) is 31.0 Å². The lowest BCUT2D eigenvalue weighted by molar-refractivity contribution is -0.151. The van der Waals surface area contributed by atoms with E-state index in [0.29, 0.717) is 12.8 Å². The molecule has 0 aliphatic carbocycles. The van der Waals surface area contributed by atoms with Gasteiger partial charge >= 0.3 is 5.97 Å². The lowest BCUT2D eigenvalue weighted by Gasteiger charge is -2.36. The van der Waals surface area contributed by atoms with Crippen molar-refractivity contribution in [2.75, 3.05) is 7.05 Å². The predicted molar refractivity (Wildman–Crippen MR) is 59.1 cm³/mol. The standard InChI is InChI=1S/C11H15N3O3/c1-13-9(15)4-3-7(11(16)17)10(13)8-5-6-12-14(8)2/h5-7,10H,3-4H2,1-2H3,(H,16,17)/t7-,10+/m1/s1. The Hall–Kier alpha value is -1.85. The van der Waals surface area contributed by atoms with Crippen LogP contribution in [0.3, 0.4) is 0 Å². The van der Waals surface area contributed by atoms with Crippen LogP contribution in [-0.4, -0.2) is 38.7 Å². The summed E-state index contributed by atoms with van der Waals surface area (Å²) in [6.07, 6.45) is 2.29. The van der Waals surface area contributed by atoms with Crippen molar-refractivity contribution >= 4 is 11.9 Å². The first-order valence-corrected chi connectivity index (χ1v) is 5.48. The van der Waals surface area contributed by atoms with Gasteiger partial charge in [0.25, 0.3) is 0 Å². The zero-order chi connectivity index (χ0) is 12.6. The van der Waals surface area contributed by atoms with Crippen LogP contribution in [-0.2, 0) is 16.6 Å². The summed E-state index contributed by atoms with van der Waals surface area (Å²) in [6.45, 7) is 0. The molecule has 1 aliphatic rings. The molecule has 1 saturated heterocycles. The minimum atomic E-state index is -0.865. The maximum absolute atomic E-state index is 11.7. The van der Waals surface area contributed by atoms with Crippen LogP contribution in [0, 0.1) is 5.92 Å². The Balaban J connectivity index is 2.40. The molecule has 92 valence electrons. The van der Waals surface area contributed by atoms with Crippen molar-refractivity contribution in [3.8, 4) is 0 Å². The zero-order valence-corrected chi connectivity index (χ0v) is 9.83. The Morgan fingerprint density at radius 1 is 1.53 bits per heavy atom. The number of amides is 1. The first-order valence-electron chi connectivity index (χ1n) is 5.48. The first kappa shape index (κ1) is 11.6. The number of aryl methyl sites for hydroxylation is 1. The van der Waals surface area contributed by atoms with Crippen molar-refractivity contribution in [3.05, 3.63) is 18.0 Å². The van der Waals surface area contributed by atoms with Crippen LogP contribution in [0.2, 0.25) is 0 Å². The number of piperidine rings is 1. The lowest BCUT2D eigenvalue weighted by Crippen LogP contribution is -2.43. The van der Waals surface area contributed by atoms with Crippen molar-refractivity contribution in [1.29, 1.82) is 0 Å². The molecule has 0 spiro atoms. The number of aliphatic carboxylic acids is 1. The molecule has 0 saturated carbocycles. The second-order valence-electron chi connectivity index (χ2n) is 4.31. The summed E-state index contributed by atoms with van der Waals surface area (Å²) >= 11 is 0. The van der Waals surface area contributed by atoms with E-state index in [1.807, 2.05) is 0 Å². The zero-order valence-electron chi connectivity index (χ0n) is 9.83. The van der Waals surface area contributed by atoms with E-state index in [4.69, 9.17) is 0 Å². The Morgan fingerprint density at radius 2 is 2.24 bits per heavy atom. The van der Waals surface area contributed by atoms with Gasteiger partial charge in [0.05, 0.1) is 17.7 Å². The number of nitrogens with zero attached hydrogens (tertiary/aromatic N) is 3. The summed E-state index contributed by atoms with van der Waals surface area (Å²) in [5.41, 5.74) is 0.757. The minimum absolute atomic E-state index is 0.0197. The largest absolute Gasteiger partial charge is 0.481 e. The van der Waals surface area contributed by atoms with Gasteiger partial charge in [0.2, 0.25) is 5.91 Å². The molecule has 2 atom stereocenters.